The topological polar surface area (TPSA) is 86.4 Å². The number of ether oxygens (including phenoxy) is 1. The number of benzene rings is 1. The van der Waals surface area contributed by atoms with Crippen LogP contribution in [-0.2, 0) is 16.1 Å². The summed E-state index contributed by atoms with van der Waals surface area (Å²) in [5.41, 5.74) is 1.59. The molecule has 0 N–H and O–H groups in total. The maximum atomic E-state index is 14.5. The van der Waals surface area contributed by atoms with Gasteiger partial charge in [0.1, 0.15) is 6.54 Å². The zero-order valence-electron chi connectivity index (χ0n) is 25.9. The van der Waals surface area contributed by atoms with E-state index in [4.69, 9.17) is 9.72 Å². The lowest BCUT2D eigenvalue weighted by Crippen LogP contribution is -2.58. The summed E-state index contributed by atoms with van der Waals surface area (Å²) in [6.07, 6.45) is 11.2. The van der Waals surface area contributed by atoms with E-state index >= 15 is 0 Å². The Labute approximate surface area is 258 Å². The molecule has 0 spiro atoms. The van der Waals surface area contributed by atoms with E-state index in [9.17, 15) is 14.4 Å². The normalized spacial score (nSPS) is 34.4. The zero-order chi connectivity index (χ0) is 30.1. The summed E-state index contributed by atoms with van der Waals surface area (Å²) >= 11 is 0. The molecule has 2 aromatic heterocycles. The van der Waals surface area contributed by atoms with Gasteiger partial charge >= 0.3 is 5.97 Å². The molecule has 0 radical (unpaired) electrons. The van der Waals surface area contributed by atoms with Crippen molar-refractivity contribution in [1.29, 1.82) is 0 Å². The second kappa shape index (κ2) is 11.0. The maximum absolute atomic E-state index is 14.5. The SMILES string of the molecule is CCOC(=O)Cn1c(-c2nc3ccccc3n([C@H]3C[C@H]4CCC[C@@H](C3)N4[C@@H]3C[C@H]4C[C@H]5C[C@@H](C3)C5C4C)c2=O)cccc1=O. The van der Waals surface area contributed by atoms with Crippen molar-refractivity contribution in [3.05, 3.63) is 63.2 Å². The van der Waals surface area contributed by atoms with Crippen LogP contribution in [0.2, 0.25) is 0 Å². The molecule has 8 heteroatoms. The minimum atomic E-state index is -0.512. The monoisotopic (exact) mass is 596 g/mol. The molecule has 232 valence electrons. The highest BCUT2D eigenvalue weighted by atomic mass is 16.5. The lowest BCUT2D eigenvalue weighted by Gasteiger charge is -2.54. The van der Waals surface area contributed by atoms with Crippen LogP contribution in [0.5, 0.6) is 0 Å². The van der Waals surface area contributed by atoms with Crippen molar-refractivity contribution in [1.82, 2.24) is 19.0 Å². The number of carbonyl (C=O) groups is 1. The van der Waals surface area contributed by atoms with Crippen LogP contribution in [0.25, 0.3) is 22.4 Å². The summed E-state index contributed by atoms with van der Waals surface area (Å²) in [4.78, 5) is 47.7. The number of hydrogen-bond donors (Lipinski definition) is 0. The summed E-state index contributed by atoms with van der Waals surface area (Å²) in [6.45, 7) is 4.23. The average molecular weight is 597 g/mol. The van der Waals surface area contributed by atoms with Crippen molar-refractivity contribution >= 4 is 17.0 Å². The second-order valence-corrected chi connectivity index (χ2v) is 14.4. The van der Waals surface area contributed by atoms with Gasteiger partial charge in [0, 0.05) is 30.2 Å². The Morgan fingerprint density at radius 1 is 0.864 bits per heavy atom. The summed E-state index contributed by atoms with van der Waals surface area (Å²) < 4.78 is 8.45. The van der Waals surface area contributed by atoms with Crippen LogP contribution in [-0.4, -0.2) is 49.7 Å². The quantitative estimate of drug-likeness (QED) is 0.354. The summed E-state index contributed by atoms with van der Waals surface area (Å²) in [5.74, 6) is 4.15. The maximum Gasteiger partial charge on any atom is 0.326 e. The van der Waals surface area contributed by atoms with Gasteiger partial charge in [0.05, 0.1) is 23.3 Å². The van der Waals surface area contributed by atoms with Crippen LogP contribution < -0.4 is 11.1 Å². The molecule has 3 saturated carbocycles. The second-order valence-electron chi connectivity index (χ2n) is 14.4. The first-order chi connectivity index (χ1) is 21.4. The molecule has 2 unspecified atom stereocenters. The highest BCUT2D eigenvalue weighted by molar-refractivity contribution is 5.78. The van der Waals surface area contributed by atoms with E-state index in [1.54, 1.807) is 19.1 Å². The Kier molecular flexibility index (Phi) is 7.04. The zero-order valence-corrected chi connectivity index (χ0v) is 25.9. The number of carbonyl (C=O) groups excluding carboxylic acids is 1. The number of esters is 1. The number of pyridine rings is 1. The van der Waals surface area contributed by atoms with Gasteiger partial charge in [0.25, 0.3) is 11.1 Å². The van der Waals surface area contributed by atoms with Crippen LogP contribution >= 0.6 is 0 Å². The molecule has 5 aliphatic rings. The molecule has 4 bridgehead atoms. The molecule has 5 fully saturated rings. The third-order valence-electron chi connectivity index (χ3n) is 12.3. The van der Waals surface area contributed by atoms with Gasteiger partial charge in [-0.1, -0.05) is 31.5 Å². The van der Waals surface area contributed by atoms with Crippen molar-refractivity contribution in [2.75, 3.05) is 6.61 Å². The first-order valence-electron chi connectivity index (χ1n) is 17.1. The van der Waals surface area contributed by atoms with Gasteiger partial charge in [0.2, 0.25) is 0 Å². The Morgan fingerprint density at radius 2 is 1.59 bits per heavy atom. The van der Waals surface area contributed by atoms with Crippen LogP contribution in [0.4, 0.5) is 0 Å². The van der Waals surface area contributed by atoms with E-state index in [-0.39, 0.29) is 36.0 Å². The first-order valence-corrected chi connectivity index (χ1v) is 17.1. The Bertz CT molecular complexity index is 1700. The molecule has 4 heterocycles. The van der Waals surface area contributed by atoms with E-state index < -0.39 is 5.97 Å². The van der Waals surface area contributed by atoms with Crippen molar-refractivity contribution in [2.24, 2.45) is 29.6 Å². The predicted molar refractivity (Wildman–Crippen MR) is 169 cm³/mol. The van der Waals surface area contributed by atoms with Gasteiger partial charge < -0.3 is 9.30 Å². The van der Waals surface area contributed by atoms with Gasteiger partial charge in [0.15, 0.2) is 5.69 Å². The largest absolute Gasteiger partial charge is 0.465 e. The average Bonchev–Trinajstić information content (AvgIpc) is 3.15. The molecule has 8 nitrogen and oxygen atoms in total. The highest BCUT2D eigenvalue weighted by Gasteiger charge is 2.56. The van der Waals surface area contributed by atoms with Crippen LogP contribution in [0, 0.1) is 29.6 Å². The fourth-order valence-electron chi connectivity index (χ4n) is 10.6. The van der Waals surface area contributed by atoms with Crippen molar-refractivity contribution in [2.45, 2.75) is 102 Å². The van der Waals surface area contributed by atoms with Crippen molar-refractivity contribution < 1.29 is 9.53 Å². The number of piperidine rings is 2. The molecular weight excluding hydrogens is 552 g/mol. The number of rotatable bonds is 6. The molecule has 2 aliphatic heterocycles. The lowest BCUT2D eigenvalue weighted by atomic mass is 9.62. The number of fused-ring (bicyclic) bond motifs is 4. The number of hydrogen-bond acceptors (Lipinski definition) is 6. The number of aromatic nitrogens is 3. The van der Waals surface area contributed by atoms with Gasteiger partial charge in [-0.05, 0) is 106 Å². The third kappa shape index (κ3) is 4.50. The van der Waals surface area contributed by atoms with E-state index in [1.807, 2.05) is 28.8 Å². The minimum absolute atomic E-state index is 0.0591. The Morgan fingerprint density at radius 3 is 2.39 bits per heavy atom. The smallest absolute Gasteiger partial charge is 0.326 e. The van der Waals surface area contributed by atoms with Crippen LogP contribution in [0.15, 0.2) is 52.1 Å². The van der Waals surface area contributed by atoms with Crippen LogP contribution in [0.1, 0.15) is 77.7 Å². The van der Waals surface area contributed by atoms with E-state index in [1.165, 1.54) is 55.6 Å². The molecule has 1 aromatic carbocycles. The summed E-state index contributed by atoms with van der Waals surface area (Å²) in [5, 5.41) is 0. The number of nitrogens with zero attached hydrogens (tertiary/aromatic N) is 4. The molecular formula is C36H44N4O4. The van der Waals surface area contributed by atoms with E-state index in [0.29, 0.717) is 23.8 Å². The van der Waals surface area contributed by atoms with Crippen molar-refractivity contribution in [3.63, 3.8) is 0 Å². The highest BCUT2D eigenvalue weighted by Crippen LogP contribution is 2.62. The van der Waals surface area contributed by atoms with Gasteiger partial charge in [-0.25, -0.2) is 4.98 Å². The van der Waals surface area contributed by atoms with Gasteiger partial charge in [-0.15, -0.1) is 0 Å². The van der Waals surface area contributed by atoms with E-state index in [0.717, 1.165) is 53.5 Å². The minimum Gasteiger partial charge on any atom is -0.465 e. The first kappa shape index (κ1) is 28.2. The summed E-state index contributed by atoms with van der Waals surface area (Å²) in [7, 11) is 0. The Hall–Kier alpha value is -3.26. The van der Waals surface area contributed by atoms with Crippen molar-refractivity contribution in [3.8, 4) is 11.4 Å². The molecule has 0 amide bonds. The molecule has 2 saturated heterocycles. The molecule has 44 heavy (non-hydrogen) atoms. The molecule has 9 atom stereocenters. The predicted octanol–water partition coefficient (Wildman–Crippen LogP) is 5.42. The number of para-hydroxylation sites is 2. The lowest BCUT2D eigenvalue weighted by molar-refractivity contribution is -0.143. The summed E-state index contributed by atoms with van der Waals surface area (Å²) in [6, 6.07) is 14.3. The molecule has 3 aliphatic carbocycles. The van der Waals surface area contributed by atoms with Crippen LogP contribution in [0.3, 0.4) is 0 Å². The fourth-order valence-corrected chi connectivity index (χ4v) is 10.6. The molecule has 8 rings (SSSR count). The Balaban J connectivity index is 1.16. The fraction of sp³-hybridized carbons (Fsp3) is 0.611. The standard InChI is InChI=1S/C36H44N4O4/c1-3-44-33(42)20-38-31(12-7-13-32(38)41)35-36(43)40(30-11-5-4-10-29(30)37-35)28-18-25-8-6-9-26(19-28)39(25)27-16-22-14-23-15-24(17-27)34(23)21(22)2/h4-5,7,10-13,21-28,34H,3,6,8-9,14-20H2,1-2H3/t21?,22-,23+,24+,25-,26+,27-,28+,34?/m1/s1. The van der Waals surface area contributed by atoms with Gasteiger partial charge in [-0.2, -0.15) is 0 Å². The molecule has 3 aromatic rings. The third-order valence-corrected chi connectivity index (χ3v) is 12.3. The van der Waals surface area contributed by atoms with Gasteiger partial charge in [-0.3, -0.25) is 23.9 Å². The van der Waals surface area contributed by atoms with E-state index in [2.05, 4.69) is 11.8 Å².